The molecule has 0 aromatic heterocycles. The number of carbonyl (C=O) groups is 2. The second kappa shape index (κ2) is 8.36. The number of carboxylic acid groups (broad SMARTS) is 1. The van der Waals surface area contributed by atoms with E-state index in [-0.39, 0.29) is 11.5 Å². The van der Waals surface area contributed by atoms with Crippen molar-refractivity contribution in [3.8, 4) is 0 Å². The molecule has 2 aromatic carbocycles. The van der Waals surface area contributed by atoms with Crippen molar-refractivity contribution in [1.29, 1.82) is 0 Å². The standard InChI is InChI=1S/C18H19ClN2O3/c1-2-21(11-10-19)16-5-3-4-15(12-16)20-17(22)13-6-8-14(9-7-13)18(23)24/h3-9,12H,2,10-11H2,1H3,(H,20,22)(H,23,24). The third-order valence-electron chi connectivity index (χ3n) is 3.60. The zero-order valence-corrected chi connectivity index (χ0v) is 14.1. The third kappa shape index (κ3) is 4.49. The van der Waals surface area contributed by atoms with Crippen molar-refractivity contribution in [1.82, 2.24) is 0 Å². The number of amides is 1. The molecule has 0 bridgehead atoms. The van der Waals surface area contributed by atoms with E-state index in [0.717, 1.165) is 18.8 Å². The van der Waals surface area contributed by atoms with Gasteiger partial charge in [0.1, 0.15) is 0 Å². The minimum absolute atomic E-state index is 0.146. The summed E-state index contributed by atoms with van der Waals surface area (Å²) in [5, 5.41) is 11.7. The zero-order chi connectivity index (χ0) is 17.5. The van der Waals surface area contributed by atoms with Crippen LogP contribution in [0.15, 0.2) is 48.5 Å². The second-order valence-corrected chi connectivity index (χ2v) is 5.53. The van der Waals surface area contributed by atoms with Crippen LogP contribution in [-0.4, -0.2) is 36.0 Å². The van der Waals surface area contributed by atoms with Crippen molar-refractivity contribution in [2.45, 2.75) is 6.92 Å². The largest absolute Gasteiger partial charge is 0.478 e. The summed E-state index contributed by atoms with van der Waals surface area (Å²) in [6, 6.07) is 13.3. The van der Waals surface area contributed by atoms with Gasteiger partial charge in [0.25, 0.3) is 5.91 Å². The Bertz CT molecular complexity index is 716. The molecule has 0 heterocycles. The summed E-state index contributed by atoms with van der Waals surface area (Å²) in [5.74, 6) is -0.779. The first-order valence-corrected chi connectivity index (χ1v) is 8.14. The molecule has 2 aromatic rings. The Labute approximate surface area is 145 Å². The molecule has 0 spiro atoms. The minimum Gasteiger partial charge on any atom is -0.478 e. The topological polar surface area (TPSA) is 69.6 Å². The van der Waals surface area contributed by atoms with Gasteiger partial charge in [-0.15, -0.1) is 11.6 Å². The molecule has 1 amide bonds. The third-order valence-corrected chi connectivity index (χ3v) is 3.77. The Kier molecular flexibility index (Phi) is 6.21. The van der Waals surface area contributed by atoms with Crippen LogP contribution < -0.4 is 10.2 Å². The van der Waals surface area contributed by atoms with E-state index in [0.29, 0.717) is 17.1 Å². The van der Waals surface area contributed by atoms with Gasteiger partial charge in [0, 0.05) is 35.9 Å². The number of alkyl halides is 1. The van der Waals surface area contributed by atoms with E-state index < -0.39 is 5.97 Å². The molecule has 126 valence electrons. The van der Waals surface area contributed by atoms with Crippen molar-refractivity contribution in [3.63, 3.8) is 0 Å². The quantitative estimate of drug-likeness (QED) is 0.750. The molecule has 0 aliphatic carbocycles. The Morgan fingerprint density at radius 1 is 1.12 bits per heavy atom. The number of aromatic carboxylic acids is 1. The smallest absolute Gasteiger partial charge is 0.335 e. The number of benzene rings is 2. The van der Waals surface area contributed by atoms with Gasteiger partial charge in [0.2, 0.25) is 0 Å². The highest BCUT2D eigenvalue weighted by Gasteiger charge is 2.10. The lowest BCUT2D eigenvalue weighted by atomic mass is 10.1. The van der Waals surface area contributed by atoms with Crippen molar-refractivity contribution in [2.75, 3.05) is 29.2 Å². The van der Waals surface area contributed by atoms with Crippen LogP contribution in [0, 0.1) is 0 Å². The van der Waals surface area contributed by atoms with Gasteiger partial charge in [-0.25, -0.2) is 4.79 Å². The fourth-order valence-electron chi connectivity index (χ4n) is 2.32. The highest BCUT2D eigenvalue weighted by atomic mass is 35.5. The Balaban J connectivity index is 2.12. The lowest BCUT2D eigenvalue weighted by Crippen LogP contribution is -2.25. The molecule has 0 fully saturated rings. The lowest BCUT2D eigenvalue weighted by Gasteiger charge is -2.22. The molecule has 0 saturated heterocycles. The summed E-state index contributed by atoms with van der Waals surface area (Å²) in [6.45, 7) is 3.59. The van der Waals surface area contributed by atoms with Crippen molar-refractivity contribution in [3.05, 3.63) is 59.7 Å². The number of carbonyl (C=O) groups excluding carboxylic acids is 1. The molecule has 0 atom stereocenters. The monoisotopic (exact) mass is 346 g/mol. The normalized spacial score (nSPS) is 10.2. The molecule has 2 N–H and O–H groups in total. The van der Waals surface area contributed by atoms with Gasteiger partial charge >= 0.3 is 5.97 Å². The van der Waals surface area contributed by atoms with Gasteiger partial charge in [-0.3, -0.25) is 4.79 Å². The molecule has 0 aliphatic heterocycles. The summed E-state index contributed by atoms with van der Waals surface area (Å²) in [4.78, 5) is 25.2. The van der Waals surface area contributed by atoms with Crippen LogP contribution in [-0.2, 0) is 0 Å². The van der Waals surface area contributed by atoms with Crippen molar-refractivity contribution >= 4 is 34.9 Å². The van der Waals surface area contributed by atoms with Crippen molar-refractivity contribution < 1.29 is 14.7 Å². The highest BCUT2D eigenvalue weighted by molar-refractivity contribution is 6.18. The molecule has 5 nitrogen and oxygen atoms in total. The van der Waals surface area contributed by atoms with Gasteiger partial charge in [0.05, 0.1) is 5.56 Å². The maximum atomic E-state index is 12.3. The predicted octanol–water partition coefficient (Wildman–Crippen LogP) is 3.70. The SMILES string of the molecule is CCN(CCCl)c1cccc(NC(=O)c2ccc(C(=O)O)cc2)c1. The van der Waals surface area contributed by atoms with E-state index in [2.05, 4.69) is 10.2 Å². The van der Waals surface area contributed by atoms with Gasteiger partial charge in [0.15, 0.2) is 0 Å². The summed E-state index contributed by atoms with van der Waals surface area (Å²) in [7, 11) is 0. The van der Waals surface area contributed by atoms with Crippen LogP contribution in [0.5, 0.6) is 0 Å². The number of nitrogens with one attached hydrogen (secondary N) is 1. The Hall–Kier alpha value is -2.53. The number of halogens is 1. The number of rotatable bonds is 7. The fraction of sp³-hybridized carbons (Fsp3) is 0.222. The summed E-state index contributed by atoms with van der Waals surface area (Å²) < 4.78 is 0. The van der Waals surface area contributed by atoms with E-state index in [9.17, 15) is 9.59 Å². The first-order chi connectivity index (χ1) is 11.5. The van der Waals surface area contributed by atoms with Gasteiger partial charge < -0.3 is 15.3 Å². The predicted molar refractivity (Wildman–Crippen MR) is 96.4 cm³/mol. The van der Waals surface area contributed by atoms with Crippen LogP contribution in [0.4, 0.5) is 11.4 Å². The van der Waals surface area contributed by atoms with E-state index in [1.54, 1.807) is 0 Å². The number of carboxylic acids is 1. The number of nitrogens with zero attached hydrogens (tertiary/aromatic N) is 1. The average Bonchev–Trinajstić information content (AvgIpc) is 2.60. The average molecular weight is 347 g/mol. The van der Waals surface area contributed by atoms with Gasteiger partial charge in [-0.2, -0.15) is 0 Å². The molecular formula is C18H19ClN2O3. The molecule has 0 aliphatic rings. The Morgan fingerprint density at radius 3 is 2.38 bits per heavy atom. The fourth-order valence-corrected chi connectivity index (χ4v) is 2.52. The summed E-state index contributed by atoms with van der Waals surface area (Å²) >= 11 is 5.81. The minimum atomic E-state index is -1.02. The molecule has 24 heavy (non-hydrogen) atoms. The molecule has 0 unspecified atom stereocenters. The highest BCUT2D eigenvalue weighted by Crippen LogP contribution is 2.20. The van der Waals surface area contributed by atoms with Crippen molar-refractivity contribution in [2.24, 2.45) is 0 Å². The number of hydrogen-bond donors (Lipinski definition) is 2. The van der Waals surface area contributed by atoms with E-state index in [1.807, 2.05) is 31.2 Å². The molecule has 6 heteroatoms. The lowest BCUT2D eigenvalue weighted by molar-refractivity contribution is 0.0696. The van der Waals surface area contributed by atoms with Crippen LogP contribution in [0.25, 0.3) is 0 Å². The van der Waals surface area contributed by atoms with Gasteiger partial charge in [-0.1, -0.05) is 6.07 Å². The van der Waals surface area contributed by atoms with Crippen LogP contribution in [0.1, 0.15) is 27.6 Å². The summed E-state index contributed by atoms with van der Waals surface area (Å²) in [6.07, 6.45) is 0. The van der Waals surface area contributed by atoms with E-state index in [4.69, 9.17) is 16.7 Å². The van der Waals surface area contributed by atoms with E-state index in [1.165, 1.54) is 24.3 Å². The summed E-state index contributed by atoms with van der Waals surface area (Å²) in [5.41, 5.74) is 2.21. The Morgan fingerprint density at radius 2 is 1.79 bits per heavy atom. The molecule has 2 rings (SSSR count). The maximum absolute atomic E-state index is 12.3. The first-order valence-electron chi connectivity index (χ1n) is 7.61. The maximum Gasteiger partial charge on any atom is 0.335 e. The van der Waals surface area contributed by atoms with E-state index >= 15 is 0 Å². The van der Waals surface area contributed by atoms with Gasteiger partial charge in [-0.05, 0) is 49.4 Å². The number of anilines is 2. The second-order valence-electron chi connectivity index (χ2n) is 5.16. The van der Waals surface area contributed by atoms with Crippen LogP contribution in [0.2, 0.25) is 0 Å². The number of hydrogen-bond acceptors (Lipinski definition) is 3. The zero-order valence-electron chi connectivity index (χ0n) is 13.3. The first kappa shape index (κ1) is 17.8. The van der Waals surface area contributed by atoms with Crippen LogP contribution in [0.3, 0.4) is 0 Å². The molecular weight excluding hydrogens is 328 g/mol. The molecule has 0 radical (unpaired) electrons. The molecule has 0 saturated carbocycles. The van der Waals surface area contributed by atoms with Crippen LogP contribution >= 0.6 is 11.6 Å².